The lowest BCUT2D eigenvalue weighted by Crippen LogP contribution is -2.14. The molecule has 0 saturated heterocycles. The molecule has 0 radical (unpaired) electrons. The summed E-state index contributed by atoms with van der Waals surface area (Å²) in [6.45, 7) is 1.96. The van der Waals surface area contributed by atoms with Gasteiger partial charge >= 0.3 is 0 Å². The molecule has 26 heavy (non-hydrogen) atoms. The van der Waals surface area contributed by atoms with Gasteiger partial charge in [0.2, 0.25) is 0 Å². The molecule has 134 valence electrons. The first-order valence-corrected chi connectivity index (χ1v) is 8.01. The number of methoxy groups -OCH3 is 1. The number of anilines is 1. The lowest BCUT2D eigenvalue weighted by Gasteiger charge is -2.07. The number of carbonyl (C=O) groups is 1. The molecular formula is C19H17F2N3O2. The minimum absolute atomic E-state index is 0.247. The maximum Gasteiger partial charge on any atom is 0.259 e. The number of amides is 1. The SMILES string of the molecule is CCc1cc(NC(=O)c2ccc(F)cc2F)nn1-c1ccc(OC)cc1. The minimum Gasteiger partial charge on any atom is -0.497 e. The second-order valence-corrected chi connectivity index (χ2v) is 5.56. The van der Waals surface area contributed by atoms with Crippen molar-refractivity contribution in [3.8, 4) is 11.4 Å². The summed E-state index contributed by atoms with van der Waals surface area (Å²) in [5, 5.41) is 6.91. The van der Waals surface area contributed by atoms with Crippen LogP contribution in [0.1, 0.15) is 23.0 Å². The van der Waals surface area contributed by atoms with Gasteiger partial charge in [-0.05, 0) is 42.8 Å². The number of halogens is 2. The van der Waals surface area contributed by atoms with Gasteiger partial charge in [-0.3, -0.25) is 4.79 Å². The van der Waals surface area contributed by atoms with Gasteiger partial charge in [-0.1, -0.05) is 6.92 Å². The third kappa shape index (κ3) is 3.56. The molecule has 0 spiro atoms. The average molecular weight is 357 g/mol. The largest absolute Gasteiger partial charge is 0.497 e. The number of carbonyl (C=O) groups excluding carboxylic acids is 1. The van der Waals surface area contributed by atoms with E-state index < -0.39 is 17.5 Å². The van der Waals surface area contributed by atoms with Gasteiger partial charge in [0, 0.05) is 17.8 Å². The van der Waals surface area contributed by atoms with Crippen molar-refractivity contribution < 1.29 is 18.3 Å². The maximum absolute atomic E-state index is 13.8. The van der Waals surface area contributed by atoms with Crippen LogP contribution in [0, 0.1) is 11.6 Å². The second-order valence-electron chi connectivity index (χ2n) is 5.56. The highest BCUT2D eigenvalue weighted by atomic mass is 19.1. The summed E-state index contributed by atoms with van der Waals surface area (Å²) in [5.74, 6) is -1.35. The maximum atomic E-state index is 13.8. The molecule has 5 nitrogen and oxygen atoms in total. The Morgan fingerprint density at radius 3 is 2.50 bits per heavy atom. The van der Waals surface area contributed by atoms with E-state index in [2.05, 4.69) is 10.4 Å². The highest BCUT2D eigenvalue weighted by molar-refractivity contribution is 6.03. The van der Waals surface area contributed by atoms with Crippen molar-refractivity contribution in [2.75, 3.05) is 12.4 Å². The van der Waals surface area contributed by atoms with E-state index in [0.717, 1.165) is 29.3 Å². The van der Waals surface area contributed by atoms with Gasteiger partial charge in [0.05, 0.1) is 18.4 Å². The summed E-state index contributed by atoms with van der Waals surface area (Å²) in [7, 11) is 1.59. The van der Waals surface area contributed by atoms with Crippen LogP contribution < -0.4 is 10.1 Å². The Bertz CT molecular complexity index is 936. The number of aromatic nitrogens is 2. The quantitative estimate of drug-likeness (QED) is 0.752. The molecular weight excluding hydrogens is 340 g/mol. The molecule has 1 aromatic heterocycles. The Labute approximate surface area is 149 Å². The van der Waals surface area contributed by atoms with Crippen LogP contribution in [-0.2, 0) is 6.42 Å². The fourth-order valence-corrected chi connectivity index (χ4v) is 2.54. The van der Waals surface area contributed by atoms with E-state index >= 15 is 0 Å². The molecule has 1 amide bonds. The number of aryl methyl sites for hydroxylation is 1. The molecule has 0 unspecified atom stereocenters. The second kappa shape index (κ2) is 7.35. The van der Waals surface area contributed by atoms with E-state index in [4.69, 9.17) is 4.74 Å². The predicted octanol–water partition coefficient (Wildman–Crippen LogP) is 3.97. The van der Waals surface area contributed by atoms with Crippen molar-refractivity contribution in [1.29, 1.82) is 0 Å². The number of nitrogens with zero attached hydrogens (tertiary/aromatic N) is 2. The summed E-state index contributed by atoms with van der Waals surface area (Å²) in [6.07, 6.45) is 0.680. The first-order chi connectivity index (χ1) is 12.5. The number of hydrogen-bond acceptors (Lipinski definition) is 3. The molecule has 0 aliphatic carbocycles. The van der Waals surface area contributed by atoms with Gasteiger partial charge in [0.15, 0.2) is 5.82 Å². The molecule has 0 atom stereocenters. The molecule has 0 bridgehead atoms. The lowest BCUT2D eigenvalue weighted by molar-refractivity contribution is 0.102. The van der Waals surface area contributed by atoms with E-state index in [1.54, 1.807) is 17.9 Å². The van der Waals surface area contributed by atoms with Gasteiger partial charge in [-0.15, -0.1) is 5.10 Å². The normalized spacial score (nSPS) is 10.6. The molecule has 0 aliphatic heterocycles. The Morgan fingerprint density at radius 2 is 1.88 bits per heavy atom. The van der Waals surface area contributed by atoms with Crippen molar-refractivity contribution >= 4 is 11.7 Å². The molecule has 3 aromatic rings. The van der Waals surface area contributed by atoms with Crippen molar-refractivity contribution in [1.82, 2.24) is 9.78 Å². The van der Waals surface area contributed by atoms with Crippen LogP contribution in [-0.4, -0.2) is 22.8 Å². The van der Waals surface area contributed by atoms with E-state index in [1.165, 1.54) is 0 Å². The zero-order valence-corrected chi connectivity index (χ0v) is 14.3. The topological polar surface area (TPSA) is 56.2 Å². The Kier molecular flexibility index (Phi) is 4.97. The highest BCUT2D eigenvalue weighted by Gasteiger charge is 2.15. The average Bonchev–Trinajstić information content (AvgIpc) is 3.04. The molecule has 0 saturated carbocycles. The summed E-state index contributed by atoms with van der Waals surface area (Å²) in [5.41, 5.74) is 1.42. The van der Waals surface area contributed by atoms with E-state index in [9.17, 15) is 13.6 Å². The van der Waals surface area contributed by atoms with E-state index in [0.29, 0.717) is 12.5 Å². The van der Waals surface area contributed by atoms with Crippen LogP contribution in [0.15, 0.2) is 48.5 Å². The molecule has 0 aliphatic rings. The van der Waals surface area contributed by atoms with Gasteiger partial charge in [-0.2, -0.15) is 0 Å². The van der Waals surface area contributed by atoms with E-state index in [-0.39, 0.29) is 11.4 Å². The van der Waals surface area contributed by atoms with Crippen molar-refractivity contribution in [3.05, 3.63) is 71.4 Å². The van der Waals surface area contributed by atoms with Crippen molar-refractivity contribution in [2.45, 2.75) is 13.3 Å². The van der Waals surface area contributed by atoms with Crippen LogP contribution in [0.2, 0.25) is 0 Å². The van der Waals surface area contributed by atoms with Crippen molar-refractivity contribution in [2.24, 2.45) is 0 Å². The van der Waals surface area contributed by atoms with Crippen LogP contribution in [0.4, 0.5) is 14.6 Å². The fourth-order valence-electron chi connectivity index (χ4n) is 2.54. The highest BCUT2D eigenvalue weighted by Crippen LogP contribution is 2.20. The van der Waals surface area contributed by atoms with Crippen LogP contribution in [0.25, 0.3) is 5.69 Å². The third-order valence-corrected chi connectivity index (χ3v) is 3.88. The van der Waals surface area contributed by atoms with Gasteiger partial charge in [0.25, 0.3) is 5.91 Å². The van der Waals surface area contributed by atoms with Crippen LogP contribution in [0.5, 0.6) is 5.75 Å². The molecule has 0 fully saturated rings. The number of benzene rings is 2. The van der Waals surface area contributed by atoms with Crippen LogP contribution >= 0.6 is 0 Å². The first-order valence-electron chi connectivity index (χ1n) is 8.01. The van der Waals surface area contributed by atoms with E-state index in [1.807, 2.05) is 31.2 Å². The minimum atomic E-state index is -0.923. The standard InChI is InChI=1S/C19H17F2N3O2/c1-3-13-11-18(22-19(25)16-9-4-12(20)10-17(16)21)23-24(13)14-5-7-15(26-2)8-6-14/h4-11H,3H2,1-2H3,(H,22,23,25). The smallest absolute Gasteiger partial charge is 0.259 e. The van der Waals surface area contributed by atoms with Gasteiger partial charge in [-0.25, -0.2) is 13.5 Å². The number of nitrogens with one attached hydrogen (secondary N) is 1. The number of hydrogen-bond donors (Lipinski definition) is 1. The summed E-state index contributed by atoms with van der Waals surface area (Å²) >= 11 is 0. The molecule has 1 heterocycles. The Hall–Kier alpha value is -3.22. The van der Waals surface area contributed by atoms with Gasteiger partial charge < -0.3 is 10.1 Å². The number of rotatable bonds is 5. The third-order valence-electron chi connectivity index (χ3n) is 3.88. The summed E-state index contributed by atoms with van der Waals surface area (Å²) < 4.78 is 33.6. The first kappa shape index (κ1) is 17.6. The fraction of sp³-hybridized carbons (Fsp3) is 0.158. The lowest BCUT2D eigenvalue weighted by atomic mass is 10.2. The molecule has 2 aromatic carbocycles. The summed E-state index contributed by atoms with van der Waals surface area (Å²) in [6, 6.07) is 11.8. The zero-order valence-electron chi connectivity index (χ0n) is 14.3. The molecule has 7 heteroatoms. The molecule has 3 rings (SSSR count). The van der Waals surface area contributed by atoms with Gasteiger partial charge in [0.1, 0.15) is 17.4 Å². The zero-order chi connectivity index (χ0) is 18.7. The van der Waals surface area contributed by atoms with Crippen LogP contribution in [0.3, 0.4) is 0 Å². The number of ether oxygens (including phenoxy) is 1. The Balaban J connectivity index is 1.87. The Morgan fingerprint density at radius 1 is 1.15 bits per heavy atom. The predicted molar refractivity (Wildman–Crippen MR) is 93.8 cm³/mol. The molecule has 1 N–H and O–H groups in total. The van der Waals surface area contributed by atoms with Crippen molar-refractivity contribution in [3.63, 3.8) is 0 Å². The monoisotopic (exact) mass is 357 g/mol. The summed E-state index contributed by atoms with van der Waals surface area (Å²) in [4.78, 5) is 12.2.